The molecule has 0 aromatic carbocycles. The lowest BCUT2D eigenvalue weighted by molar-refractivity contribution is -0.143. The van der Waals surface area contributed by atoms with Crippen LogP contribution < -0.4 is 0 Å². The zero-order valence-electron chi connectivity index (χ0n) is 11.1. The Hall–Kier alpha value is -1.85. The molecule has 0 saturated heterocycles. The van der Waals surface area contributed by atoms with Gasteiger partial charge in [0.05, 0.1) is 18.7 Å². The second kappa shape index (κ2) is 6.18. The summed E-state index contributed by atoms with van der Waals surface area (Å²) in [5.41, 5.74) is 1.02. The predicted octanol–water partition coefficient (Wildman–Crippen LogP) is 1.32. The summed E-state index contributed by atoms with van der Waals surface area (Å²) < 4.78 is 9.74. The number of hydrogen-bond acceptors (Lipinski definition) is 5. The highest BCUT2D eigenvalue weighted by atomic mass is 16.5. The van der Waals surface area contributed by atoms with E-state index in [4.69, 9.17) is 9.26 Å². The molecule has 6 heteroatoms. The molecule has 6 nitrogen and oxygen atoms in total. The Bertz CT molecular complexity index is 420. The molecule has 1 rings (SSSR count). The minimum absolute atomic E-state index is 0.180. The maximum absolute atomic E-state index is 12.1. The highest BCUT2D eigenvalue weighted by Gasteiger charge is 2.21. The maximum Gasteiger partial charge on any atom is 0.307 e. The smallest absolute Gasteiger partial charge is 0.307 e. The molecule has 0 saturated carbocycles. The lowest BCUT2D eigenvalue weighted by Gasteiger charge is -2.16. The van der Waals surface area contributed by atoms with Crippen LogP contribution in [0.15, 0.2) is 4.52 Å². The Kier molecular flexibility index (Phi) is 4.88. The second-order valence-corrected chi connectivity index (χ2v) is 3.98. The van der Waals surface area contributed by atoms with Gasteiger partial charge in [0.1, 0.15) is 11.3 Å². The van der Waals surface area contributed by atoms with E-state index in [1.54, 1.807) is 27.8 Å². The molecule has 18 heavy (non-hydrogen) atoms. The highest BCUT2D eigenvalue weighted by Crippen LogP contribution is 2.14. The van der Waals surface area contributed by atoms with Gasteiger partial charge in [0.15, 0.2) is 0 Å². The van der Waals surface area contributed by atoms with Crippen LogP contribution in [0, 0.1) is 13.8 Å². The predicted molar refractivity (Wildman–Crippen MR) is 64.2 cm³/mol. The number of nitrogens with zero attached hydrogens (tertiary/aromatic N) is 2. The summed E-state index contributed by atoms with van der Waals surface area (Å²) in [6.45, 7) is 5.80. The number of esters is 1. The first kappa shape index (κ1) is 14.2. The van der Waals surface area contributed by atoms with E-state index in [2.05, 4.69) is 5.16 Å². The summed E-state index contributed by atoms with van der Waals surface area (Å²) in [6, 6.07) is 0. The third-order valence-corrected chi connectivity index (χ3v) is 2.55. The van der Waals surface area contributed by atoms with E-state index in [-0.39, 0.29) is 18.3 Å². The van der Waals surface area contributed by atoms with Crippen molar-refractivity contribution in [3.8, 4) is 0 Å². The topological polar surface area (TPSA) is 72.6 Å². The monoisotopic (exact) mass is 254 g/mol. The fraction of sp³-hybridized carbons (Fsp3) is 0.583. The van der Waals surface area contributed by atoms with Gasteiger partial charge >= 0.3 is 5.97 Å². The first-order chi connectivity index (χ1) is 8.47. The third kappa shape index (κ3) is 3.32. The van der Waals surface area contributed by atoms with E-state index in [0.717, 1.165) is 0 Å². The molecule has 1 heterocycles. The second-order valence-electron chi connectivity index (χ2n) is 3.98. The molecular weight excluding hydrogens is 236 g/mol. The van der Waals surface area contributed by atoms with Crippen molar-refractivity contribution in [2.75, 3.05) is 20.2 Å². The number of carbonyl (C=O) groups is 2. The number of ether oxygens (including phenoxy) is 1. The van der Waals surface area contributed by atoms with Gasteiger partial charge in [-0.1, -0.05) is 5.16 Å². The average molecular weight is 254 g/mol. The number of aryl methyl sites for hydroxylation is 2. The molecule has 1 aromatic rings. The first-order valence-corrected chi connectivity index (χ1v) is 5.81. The van der Waals surface area contributed by atoms with Crippen molar-refractivity contribution >= 4 is 11.9 Å². The number of amides is 1. The van der Waals surface area contributed by atoms with Gasteiger partial charge < -0.3 is 14.2 Å². The fourth-order valence-corrected chi connectivity index (χ4v) is 1.57. The number of carbonyl (C=O) groups excluding carboxylic acids is 2. The van der Waals surface area contributed by atoms with Gasteiger partial charge in [-0.25, -0.2) is 0 Å². The molecule has 0 aliphatic heterocycles. The van der Waals surface area contributed by atoms with Crippen LogP contribution in [0.25, 0.3) is 0 Å². The van der Waals surface area contributed by atoms with Gasteiger partial charge in [-0.05, 0) is 20.8 Å². The van der Waals surface area contributed by atoms with Crippen LogP contribution in [-0.4, -0.2) is 42.1 Å². The summed E-state index contributed by atoms with van der Waals surface area (Å²) in [5.74, 6) is -0.0213. The Labute approximate surface area is 106 Å². The molecule has 0 spiro atoms. The van der Waals surface area contributed by atoms with Crippen LogP contribution in [0.5, 0.6) is 0 Å². The maximum atomic E-state index is 12.1. The fourth-order valence-electron chi connectivity index (χ4n) is 1.57. The van der Waals surface area contributed by atoms with E-state index >= 15 is 0 Å². The van der Waals surface area contributed by atoms with Crippen LogP contribution in [-0.2, 0) is 9.53 Å². The van der Waals surface area contributed by atoms with Gasteiger partial charge in [0, 0.05) is 13.6 Å². The number of rotatable bonds is 5. The molecule has 0 N–H and O–H groups in total. The molecule has 0 fully saturated rings. The van der Waals surface area contributed by atoms with Crippen molar-refractivity contribution < 1.29 is 18.8 Å². The van der Waals surface area contributed by atoms with Gasteiger partial charge in [-0.2, -0.15) is 0 Å². The van der Waals surface area contributed by atoms with Crippen molar-refractivity contribution in [2.45, 2.75) is 27.2 Å². The first-order valence-electron chi connectivity index (χ1n) is 5.81. The SMILES string of the molecule is CCOC(=O)CCN(C)C(=O)c1c(C)noc1C. The molecule has 0 unspecified atom stereocenters. The van der Waals surface area contributed by atoms with Crippen molar-refractivity contribution in [2.24, 2.45) is 0 Å². The van der Waals surface area contributed by atoms with Crippen molar-refractivity contribution in [1.82, 2.24) is 10.1 Å². The molecular formula is C12H18N2O4. The molecule has 0 aliphatic rings. The Balaban J connectivity index is 2.60. The molecule has 0 atom stereocenters. The van der Waals surface area contributed by atoms with E-state index < -0.39 is 0 Å². The molecule has 0 aliphatic carbocycles. The lowest BCUT2D eigenvalue weighted by atomic mass is 10.2. The number of hydrogen-bond donors (Lipinski definition) is 0. The van der Waals surface area contributed by atoms with Gasteiger partial charge in [-0.15, -0.1) is 0 Å². The zero-order valence-corrected chi connectivity index (χ0v) is 11.1. The summed E-state index contributed by atoms with van der Waals surface area (Å²) in [4.78, 5) is 24.8. The average Bonchev–Trinajstić information content (AvgIpc) is 2.65. The molecule has 1 amide bonds. The van der Waals surface area contributed by atoms with Crippen LogP contribution in [0.2, 0.25) is 0 Å². The van der Waals surface area contributed by atoms with E-state index in [1.165, 1.54) is 4.90 Å². The van der Waals surface area contributed by atoms with Crippen molar-refractivity contribution in [1.29, 1.82) is 0 Å². The Morgan fingerprint density at radius 2 is 2.06 bits per heavy atom. The van der Waals surface area contributed by atoms with Crippen LogP contribution in [0.3, 0.4) is 0 Å². The van der Waals surface area contributed by atoms with E-state index in [0.29, 0.717) is 30.2 Å². The molecule has 100 valence electrons. The van der Waals surface area contributed by atoms with Crippen LogP contribution in [0.1, 0.15) is 35.2 Å². The number of aromatic nitrogens is 1. The summed E-state index contributed by atoms with van der Waals surface area (Å²) in [6.07, 6.45) is 0.180. The van der Waals surface area contributed by atoms with Crippen molar-refractivity contribution in [3.63, 3.8) is 0 Å². The molecule has 0 bridgehead atoms. The summed E-state index contributed by atoms with van der Waals surface area (Å²) in [7, 11) is 1.63. The quantitative estimate of drug-likeness (QED) is 0.741. The Morgan fingerprint density at radius 1 is 1.39 bits per heavy atom. The highest BCUT2D eigenvalue weighted by molar-refractivity contribution is 5.96. The summed E-state index contributed by atoms with van der Waals surface area (Å²) >= 11 is 0. The standard InChI is InChI=1S/C12H18N2O4/c1-5-17-10(15)6-7-14(4)12(16)11-8(2)13-18-9(11)3/h5-7H2,1-4H3. The largest absolute Gasteiger partial charge is 0.466 e. The minimum atomic E-state index is -0.309. The minimum Gasteiger partial charge on any atom is -0.466 e. The van der Waals surface area contributed by atoms with Gasteiger partial charge in [-0.3, -0.25) is 9.59 Å². The zero-order chi connectivity index (χ0) is 13.7. The van der Waals surface area contributed by atoms with Crippen LogP contribution in [0.4, 0.5) is 0 Å². The van der Waals surface area contributed by atoms with E-state index in [1.807, 2.05) is 0 Å². The summed E-state index contributed by atoms with van der Waals surface area (Å²) in [5, 5.41) is 3.73. The van der Waals surface area contributed by atoms with Crippen molar-refractivity contribution in [3.05, 3.63) is 17.0 Å². The normalized spacial score (nSPS) is 10.2. The van der Waals surface area contributed by atoms with Crippen LogP contribution >= 0.6 is 0 Å². The Morgan fingerprint density at radius 3 is 2.56 bits per heavy atom. The molecule has 1 aromatic heterocycles. The van der Waals surface area contributed by atoms with E-state index in [9.17, 15) is 9.59 Å². The third-order valence-electron chi connectivity index (χ3n) is 2.55. The molecule has 0 radical (unpaired) electrons. The van der Waals surface area contributed by atoms with Gasteiger partial charge in [0.25, 0.3) is 5.91 Å². The lowest BCUT2D eigenvalue weighted by Crippen LogP contribution is -2.30. The van der Waals surface area contributed by atoms with Gasteiger partial charge in [0.2, 0.25) is 0 Å².